The van der Waals surface area contributed by atoms with Crippen molar-refractivity contribution in [3.05, 3.63) is 57.0 Å². The van der Waals surface area contributed by atoms with Crippen molar-refractivity contribution in [2.24, 2.45) is 0 Å². The summed E-state index contributed by atoms with van der Waals surface area (Å²) in [5.41, 5.74) is 1.36. The lowest BCUT2D eigenvalue weighted by Gasteiger charge is -2.13. The molecule has 22 heavy (non-hydrogen) atoms. The molecule has 7 nitrogen and oxygen atoms in total. The number of non-ortho nitro benzene ring substituents is 1. The molecule has 0 N–H and O–H groups in total. The number of esters is 1. The van der Waals surface area contributed by atoms with Crippen LogP contribution in [-0.4, -0.2) is 16.0 Å². The molecule has 2 rings (SSSR count). The maximum Gasteiger partial charge on any atom is 0.344 e. The molecule has 1 heterocycles. The van der Waals surface area contributed by atoms with Gasteiger partial charge in [0.1, 0.15) is 17.4 Å². The van der Waals surface area contributed by atoms with E-state index in [-0.39, 0.29) is 5.69 Å². The predicted octanol–water partition coefficient (Wildman–Crippen LogP) is 3.37. The van der Waals surface area contributed by atoms with E-state index < -0.39 is 17.0 Å². The van der Waals surface area contributed by atoms with Gasteiger partial charge in [-0.1, -0.05) is 24.2 Å². The molecule has 1 aromatic carbocycles. The van der Waals surface area contributed by atoms with Crippen LogP contribution in [0.1, 0.15) is 47.3 Å². The molecule has 0 aliphatic carbocycles. The van der Waals surface area contributed by atoms with Gasteiger partial charge in [0, 0.05) is 12.1 Å². The molecule has 2 aromatic rings. The number of aryl methyl sites for hydroxylation is 2. The summed E-state index contributed by atoms with van der Waals surface area (Å²) in [7, 11) is 0. The van der Waals surface area contributed by atoms with Crippen LogP contribution < -0.4 is 0 Å². The van der Waals surface area contributed by atoms with Crippen molar-refractivity contribution in [3.63, 3.8) is 0 Å². The number of carbonyl (C=O) groups is 1. The monoisotopic (exact) mass is 304 g/mol. The van der Waals surface area contributed by atoms with Gasteiger partial charge < -0.3 is 9.26 Å². The third-order valence-electron chi connectivity index (χ3n) is 3.31. The number of nitrogens with zero attached hydrogens (tertiary/aromatic N) is 2. The second kappa shape index (κ2) is 6.38. The van der Waals surface area contributed by atoms with Gasteiger partial charge in [0.25, 0.3) is 5.69 Å². The number of hydrogen-bond donors (Lipinski definition) is 0. The maximum atomic E-state index is 12.3. The van der Waals surface area contributed by atoms with Crippen molar-refractivity contribution in [2.75, 3.05) is 0 Å². The zero-order chi connectivity index (χ0) is 16.3. The fourth-order valence-corrected chi connectivity index (χ4v) is 2.10. The molecule has 0 aliphatic heterocycles. The molecule has 0 amide bonds. The van der Waals surface area contributed by atoms with Crippen molar-refractivity contribution in [3.8, 4) is 0 Å². The van der Waals surface area contributed by atoms with Gasteiger partial charge in [-0.25, -0.2) is 4.79 Å². The van der Waals surface area contributed by atoms with Gasteiger partial charge in [-0.05, 0) is 25.8 Å². The fraction of sp³-hybridized carbons (Fsp3) is 0.333. The van der Waals surface area contributed by atoms with Crippen LogP contribution in [0.3, 0.4) is 0 Å². The minimum absolute atomic E-state index is 0.0456. The van der Waals surface area contributed by atoms with E-state index in [0.717, 1.165) is 0 Å². The summed E-state index contributed by atoms with van der Waals surface area (Å²) in [5.74, 6) is -0.150. The molecule has 1 atom stereocenters. The van der Waals surface area contributed by atoms with Crippen molar-refractivity contribution in [1.82, 2.24) is 5.16 Å². The van der Waals surface area contributed by atoms with E-state index in [4.69, 9.17) is 9.26 Å². The van der Waals surface area contributed by atoms with Gasteiger partial charge >= 0.3 is 5.97 Å². The lowest BCUT2D eigenvalue weighted by atomic mass is 10.1. The van der Waals surface area contributed by atoms with Crippen LogP contribution in [0, 0.1) is 17.0 Å². The summed E-state index contributed by atoms with van der Waals surface area (Å²) >= 11 is 0. The summed E-state index contributed by atoms with van der Waals surface area (Å²) in [6, 6.07) is 6.00. The highest BCUT2D eigenvalue weighted by Gasteiger charge is 2.23. The quantitative estimate of drug-likeness (QED) is 0.477. The molecule has 0 aliphatic rings. The molecule has 1 aromatic heterocycles. The lowest BCUT2D eigenvalue weighted by molar-refractivity contribution is -0.385. The minimum Gasteiger partial charge on any atom is -0.454 e. The van der Waals surface area contributed by atoms with Gasteiger partial charge in [0.2, 0.25) is 0 Å². The first kappa shape index (κ1) is 15.7. The number of rotatable bonds is 5. The molecule has 0 saturated heterocycles. The molecule has 1 unspecified atom stereocenters. The van der Waals surface area contributed by atoms with Crippen LogP contribution in [0.4, 0.5) is 5.69 Å². The number of carbonyl (C=O) groups excluding carboxylic acids is 1. The van der Waals surface area contributed by atoms with Crippen LogP contribution in [0.25, 0.3) is 0 Å². The molecule has 0 fully saturated rings. The minimum atomic E-state index is -0.619. The number of aromatic nitrogens is 1. The largest absolute Gasteiger partial charge is 0.454 e. The molecular weight excluding hydrogens is 288 g/mol. The number of nitro groups is 1. The highest BCUT2D eigenvalue weighted by Crippen LogP contribution is 2.24. The Bertz CT molecular complexity index is 708. The van der Waals surface area contributed by atoms with Gasteiger partial charge in [-0.15, -0.1) is 0 Å². The first-order valence-electron chi connectivity index (χ1n) is 6.84. The van der Waals surface area contributed by atoms with Crippen LogP contribution in [0.5, 0.6) is 0 Å². The highest BCUT2D eigenvalue weighted by atomic mass is 16.6. The smallest absolute Gasteiger partial charge is 0.344 e. The van der Waals surface area contributed by atoms with E-state index >= 15 is 0 Å². The Morgan fingerprint density at radius 2 is 2.23 bits per heavy atom. The van der Waals surface area contributed by atoms with E-state index in [1.807, 2.05) is 6.92 Å². The van der Waals surface area contributed by atoms with E-state index in [0.29, 0.717) is 29.0 Å². The second-order valence-electron chi connectivity index (χ2n) is 4.81. The molecule has 7 heteroatoms. The average molecular weight is 304 g/mol. The summed E-state index contributed by atoms with van der Waals surface area (Å²) < 4.78 is 10.4. The third-order valence-corrected chi connectivity index (χ3v) is 3.31. The average Bonchev–Trinajstić information content (AvgIpc) is 2.88. The van der Waals surface area contributed by atoms with Gasteiger partial charge in [0.15, 0.2) is 0 Å². The summed E-state index contributed by atoms with van der Waals surface area (Å²) in [6.07, 6.45) is -0.0705. The van der Waals surface area contributed by atoms with Gasteiger partial charge in [-0.2, -0.15) is 0 Å². The zero-order valence-electron chi connectivity index (χ0n) is 12.5. The first-order chi connectivity index (χ1) is 10.4. The first-order valence-corrected chi connectivity index (χ1v) is 6.84. The normalized spacial score (nSPS) is 12.0. The fourth-order valence-electron chi connectivity index (χ4n) is 2.10. The lowest BCUT2D eigenvalue weighted by Crippen LogP contribution is -2.11. The van der Waals surface area contributed by atoms with E-state index in [2.05, 4.69) is 5.16 Å². The Hall–Kier alpha value is -2.70. The number of nitro benzene ring substituents is 1. The van der Waals surface area contributed by atoms with E-state index in [9.17, 15) is 14.9 Å². The van der Waals surface area contributed by atoms with Crippen LogP contribution in [0.15, 0.2) is 28.8 Å². The van der Waals surface area contributed by atoms with Crippen molar-refractivity contribution in [2.45, 2.75) is 33.3 Å². The van der Waals surface area contributed by atoms with Crippen LogP contribution in [0.2, 0.25) is 0 Å². The van der Waals surface area contributed by atoms with E-state index in [1.165, 1.54) is 12.1 Å². The standard InChI is InChI=1S/C15H16N2O5/c1-4-13-14(10(3)22-16-13)15(18)21-9(2)11-6-5-7-12(8-11)17(19)20/h5-9H,4H2,1-3H3. The molecule has 0 spiro atoms. The maximum absolute atomic E-state index is 12.3. The zero-order valence-corrected chi connectivity index (χ0v) is 12.5. The number of hydrogen-bond acceptors (Lipinski definition) is 6. The highest BCUT2D eigenvalue weighted by molar-refractivity contribution is 5.91. The number of ether oxygens (including phenoxy) is 1. The van der Waals surface area contributed by atoms with Crippen molar-refractivity contribution < 1.29 is 19.0 Å². The summed E-state index contributed by atoms with van der Waals surface area (Å²) in [4.78, 5) is 22.6. The summed E-state index contributed by atoms with van der Waals surface area (Å²) in [5, 5.41) is 14.6. The Kier molecular flexibility index (Phi) is 4.55. The van der Waals surface area contributed by atoms with E-state index in [1.54, 1.807) is 26.0 Å². The topological polar surface area (TPSA) is 95.5 Å². The SMILES string of the molecule is CCc1noc(C)c1C(=O)OC(C)c1cccc([N+](=O)[O-])c1. The van der Waals surface area contributed by atoms with Gasteiger partial charge in [0.05, 0.1) is 10.6 Å². The van der Waals surface area contributed by atoms with Gasteiger partial charge in [-0.3, -0.25) is 10.1 Å². The predicted molar refractivity (Wildman–Crippen MR) is 77.5 cm³/mol. The van der Waals surface area contributed by atoms with Crippen molar-refractivity contribution in [1.29, 1.82) is 0 Å². The number of benzene rings is 1. The Morgan fingerprint density at radius 3 is 2.86 bits per heavy atom. The van der Waals surface area contributed by atoms with Crippen molar-refractivity contribution >= 4 is 11.7 Å². The Morgan fingerprint density at radius 1 is 1.50 bits per heavy atom. The third kappa shape index (κ3) is 3.13. The second-order valence-corrected chi connectivity index (χ2v) is 4.81. The molecule has 116 valence electrons. The van der Waals surface area contributed by atoms with Crippen LogP contribution >= 0.6 is 0 Å². The molecule has 0 bridgehead atoms. The molecule has 0 radical (unpaired) electrons. The van der Waals surface area contributed by atoms with Crippen LogP contribution in [-0.2, 0) is 11.2 Å². The Balaban J connectivity index is 2.19. The molecule has 0 saturated carbocycles. The summed E-state index contributed by atoms with van der Waals surface area (Å²) in [6.45, 7) is 5.16. The molecular formula is C15H16N2O5. The Labute approximate surface area is 127 Å².